The Morgan fingerprint density at radius 1 is 1.25 bits per heavy atom. The summed E-state index contributed by atoms with van der Waals surface area (Å²) in [6, 6.07) is 8.17. The van der Waals surface area contributed by atoms with Crippen LogP contribution in [-0.2, 0) is 7.05 Å². The van der Waals surface area contributed by atoms with E-state index in [4.69, 9.17) is 0 Å². The molecule has 0 fully saturated rings. The van der Waals surface area contributed by atoms with Crippen molar-refractivity contribution in [2.24, 2.45) is 7.05 Å². The fourth-order valence-corrected chi connectivity index (χ4v) is 2.78. The Morgan fingerprint density at radius 2 is 2.00 bits per heavy atom. The number of carbonyl (C=O) groups is 1. The van der Waals surface area contributed by atoms with E-state index in [1.165, 1.54) is 30.5 Å². The number of hydrogen-bond acceptors (Lipinski definition) is 3. The van der Waals surface area contributed by atoms with Gasteiger partial charge in [-0.3, -0.25) is 9.78 Å². The van der Waals surface area contributed by atoms with Crippen LogP contribution in [0, 0.1) is 5.82 Å². The lowest BCUT2D eigenvalue weighted by molar-refractivity contribution is -0.153. The Hall–Kier alpha value is -3.10. The number of benzene rings is 1. The smallest absolute Gasteiger partial charge is 0.422 e. The van der Waals surface area contributed by atoms with Crippen LogP contribution >= 0.6 is 0 Å². The van der Waals surface area contributed by atoms with Crippen molar-refractivity contribution >= 4 is 16.8 Å². The van der Waals surface area contributed by atoms with Gasteiger partial charge < -0.3 is 14.6 Å². The van der Waals surface area contributed by atoms with Gasteiger partial charge in [0.15, 0.2) is 6.61 Å². The molecule has 3 rings (SSSR count). The lowest BCUT2D eigenvalue weighted by Gasteiger charge is -2.15. The zero-order chi connectivity index (χ0) is 20.5. The van der Waals surface area contributed by atoms with Crippen LogP contribution in [0.15, 0.2) is 42.6 Å². The largest absolute Gasteiger partial charge is 0.483 e. The summed E-state index contributed by atoms with van der Waals surface area (Å²) in [5, 5.41) is 3.37. The molecular weight excluding hydrogens is 378 g/mol. The molecule has 0 aliphatic carbocycles. The van der Waals surface area contributed by atoms with Gasteiger partial charge in [0, 0.05) is 18.0 Å². The summed E-state index contributed by atoms with van der Waals surface area (Å²) < 4.78 is 56.1. The second kappa shape index (κ2) is 7.49. The van der Waals surface area contributed by atoms with Crippen LogP contribution in [-0.4, -0.2) is 28.2 Å². The average molecular weight is 395 g/mol. The van der Waals surface area contributed by atoms with E-state index >= 15 is 0 Å². The van der Waals surface area contributed by atoms with Crippen molar-refractivity contribution in [3.63, 3.8) is 0 Å². The van der Waals surface area contributed by atoms with Gasteiger partial charge in [0.2, 0.25) is 0 Å². The zero-order valence-electron chi connectivity index (χ0n) is 15.0. The van der Waals surface area contributed by atoms with Crippen molar-refractivity contribution in [2.75, 3.05) is 6.61 Å². The lowest BCUT2D eigenvalue weighted by Crippen LogP contribution is -2.28. The van der Waals surface area contributed by atoms with Crippen LogP contribution < -0.4 is 10.1 Å². The first-order valence-electron chi connectivity index (χ1n) is 8.35. The van der Waals surface area contributed by atoms with Crippen LogP contribution in [0.25, 0.3) is 10.9 Å². The average Bonchev–Trinajstić information content (AvgIpc) is 2.95. The summed E-state index contributed by atoms with van der Waals surface area (Å²) in [5.74, 6) is -0.795. The van der Waals surface area contributed by atoms with Gasteiger partial charge in [-0.25, -0.2) is 4.39 Å². The first-order chi connectivity index (χ1) is 13.1. The highest BCUT2D eigenvalue weighted by molar-refractivity contribution is 5.98. The van der Waals surface area contributed by atoms with E-state index in [0.717, 1.165) is 0 Å². The maximum Gasteiger partial charge on any atom is 0.422 e. The number of rotatable bonds is 5. The highest BCUT2D eigenvalue weighted by Crippen LogP contribution is 2.22. The quantitative estimate of drug-likeness (QED) is 0.661. The van der Waals surface area contributed by atoms with E-state index in [2.05, 4.69) is 15.0 Å². The third-order valence-corrected chi connectivity index (χ3v) is 4.19. The first kappa shape index (κ1) is 19.7. The minimum atomic E-state index is -4.43. The molecule has 0 aliphatic heterocycles. The fraction of sp³-hybridized carbons (Fsp3) is 0.263. The summed E-state index contributed by atoms with van der Waals surface area (Å²) in [4.78, 5) is 16.6. The zero-order valence-corrected chi connectivity index (χ0v) is 15.0. The summed E-state index contributed by atoms with van der Waals surface area (Å²) in [6.07, 6.45) is -3.26. The number of amides is 1. The normalized spacial score (nSPS) is 12.8. The molecule has 28 heavy (non-hydrogen) atoms. The topological polar surface area (TPSA) is 56.2 Å². The molecule has 0 saturated carbocycles. The van der Waals surface area contributed by atoms with E-state index in [1.807, 2.05) is 0 Å². The van der Waals surface area contributed by atoms with Gasteiger partial charge in [-0.2, -0.15) is 13.2 Å². The molecule has 0 radical (unpaired) electrons. The molecule has 2 heterocycles. The molecule has 0 aliphatic rings. The minimum absolute atomic E-state index is 0.0182. The number of ether oxygens (including phenoxy) is 1. The van der Waals surface area contributed by atoms with Gasteiger partial charge in [0.05, 0.1) is 17.9 Å². The van der Waals surface area contributed by atoms with Crippen molar-refractivity contribution in [2.45, 2.75) is 19.1 Å². The third-order valence-electron chi connectivity index (χ3n) is 4.19. The maximum atomic E-state index is 13.4. The summed E-state index contributed by atoms with van der Waals surface area (Å²) in [6.45, 7) is 0.292. The monoisotopic (exact) mass is 395 g/mol. The van der Waals surface area contributed by atoms with Crippen LogP contribution in [0.3, 0.4) is 0 Å². The minimum Gasteiger partial charge on any atom is -0.483 e. The highest BCUT2D eigenvalue weighted by atomic mass is 19.4. The number of pyridine rings is 1. The predicted octanol–water partition coefficient (Wildman–Crippen LogP) is 4.14. The van der Waals surface area contributed by atoms with Gasteiger partial charge in [-0.05, 0) is 43.3 Å². The van der Waals surface area contributed by atoms with Crippen molar-refractivity contribution in [3.8, 4) is 5.75 Å². The summed E-state index contributed by atoms with van der Waals surface area (Å²) in [5.41, 5.74) is 1.51. The molecule has 3 aromatic rings. The molecule has 2 aromatic heterocycles. The highest BCUT2D eigenvalue weighted by Gasteiger charge is 2.28. The summed E-state index contributed by atoms with van der Waals surface area (Å²) >= 11 is 0. The van der Waals surface area contributed by atoms with Gasteiger partial charge in [-0.1, -0.05) is 0 Å². The summed E-state index contributed by atoms with van der Waals surface area (Å²) in [7, 11) is 1.70. The first-order valence-corrected chi connectivity index (χ1v) is 8.35. The lowest BCUT2D eigenvalue weighted by atomic mass is 10.2. The van der Waals surface area contributed by atoms with Gasteiger partial charge in [0.1, 0.15) is 17.3 Å². The molecule has 0 saturated heterocycles. The molecule has 1 N–H and O–H groups in total. The number of alkyl halides is 3. The molecule has 1 aromatic carbocycles. The Labute approximate surface area is 157 Å². The molecule has 0 spiro atoms. The van der Waals surface area contributed by atoms with Crippen LogP contribution in [0.5, 0.6) is 5.75 Å². The number of nitrogens with one attached hydrogen (secondary N) is 1. The molecule has 148 valence electrons. The van der Waals surface area contributed by atoms with Crippen molar-refractivity contribution in [3.05, 3.63) is 59.8 Å². The van der Waals surface area contributed by atoms with E-state index in [-0.39, 0.29) is 11.7 Å². The Balaban J connectivity index is 1.70. The molecule has 0 bridgehead atoms. The molecule has 1 amide bonds. The van der Waals surface area contributed by atoms with Gasteiger partial charge in [-0.15, -0.1) is 0 Å². The fourth-order valence-electron chi connectivity index (χ4n) is 2.78. The Kier molecular flexibility index (Phi) is 5.26. The van der Waals surface area contributed by atoms with Crippen LogP contribution in [0.1, 0.15) is 29.1 Å². The number of hydrogen-bond donors (Lipinski definition) is 1. The second-order valence-corrected chi connectivity index (χ2v) is 6.31. The molecule has 9 heteroatoms. The molecule has 5 nitrogen and oxygen atoms in total. The van der Waals surface area contributed by atoms with E-state index in [9.17, 15) is 22.4 Å². The van der Waals surface area contributed by atoms with E-state index in [0.29, 0.717) is 22.3 Å². The number of aromatic nitrogens is 2. The van der Waals surface area contributed by atoms with Crippen LogP contribution in [0.4, 0.5) is 17.6 Å². The second-order valence-electron chi connectivity index (χ2n) is 6.31. The standard InChI is InChI=1S/C19H17F4N3O2/c1-11(15-5-4-14(9-24-15)28-10-19(21,22)23)25-18(27)17-8-12-7-13(20)3-6-16(12)26(17)2/h3-9,11H,10H2,1-2H3,(H,25,27)/t11-/m1/s1. The van der Waals surface area contributed by atoms with E-state index < -0.39 is 24.6 Å². The maximum absolute atomic E-state index is 13.4. The molecular formula is C19H17F4N3O2. The van der Waals surface area contributed by atoms with Crippen molar-refractivity contribution in [1.29, 1.82) is 0 Å². The number of fused-ring (bicyclic) bond motifs is 1. The van der Waals surface area contributed by atoms with Gasteiger partial charge >= 0.3 is 6.18 Å². The SMILES string of the molecule is C[C@@H](NC(=O)c1cc2cc(F)ccc2n1C)c1ccc(OCC(F)(F)F)cn1. The van der Waals surface area contributed by atoms with Gasteiger partial charge in [0.25, 0.3) is 5.91 Å². The Morgan fingerprint density at radius 3 is 2.64 bits per heavy atom. The third kappa shape index (κ3) is 4.41. The van der Waals surface area contributed by atoms with Crippen LogP contribution in [0.2, 0.25) is 0 Å². The number of carbonyl (C=O) groups excluding carboxylic acids is 1. The number of halogens is 4. The molecule has 0 unspecified atom stereocenters. The number of aryl methyl sites for hydroxylation is 1. The van der Waals surface area contributed by atoms with E-state index in [1.54, 1.807) is 30.7 Å². The predicted molar refractivity (Wildman–Crippen MR) is 94.5 cm³/mol. The molecule has 1 atom stereocenters. The number of nitrogens with zero attached hydrogens (tertiary/aromatic N) is 2. The van der Waals surface area contributed by atoms with Crippen molar-refractivity contribution < 1.29 is 27.1 Å². The Bertz CT molecular complexity index is 997. The van der Waals surface area contributed by atoms with Crippen molar-refractivity contribution in [1.82, 2.24) is 14.9 Å².